The molecule has 22 heavy (non-hydrogen) atoms. The highest BCUT2D eigenvalue weighted by Gasteiger charge is 2.04. The van der Waals surface area contributed by atoms with E-state index in [9.17, 15) is 9.18 Å². The molecule has 0 aliphatic rings. The van der Waals surface area contributed by atoms with Crippen LogP contribution in [0.3, 0.4) is 0 Å². The molecule has 2 rings (SSSR count). The van der Waals surface area contributed by atoms with Crippen molar-refractivity contribution in [2.75, 3.05) is 0 Å². The third-order valence-electron chi connectivity index (χ3n) is 2.83. The van der Waals surface area contributed by atoms with E-state index in [0.29, 0.717) is 15.6 Å². The summed E-state index contributed by atoms with van der Waals surface area (Å²) in [6.07, 6.45) is 1.43. The van der Waals surface area contributed by atoms with Crippen LogP contribution in [0.1, 0.15) is 22.3 Å². The van der Waals surface area contributed by atoms with Gasteiger partial charge in [-0.05, 0) is 36.4 Å². The smallest absolute Gasteiger partial charge is 0.168 e. The number of rotatable bonds is 6. The quantitative estimate of drug-likeness (QED) is 0.426. The lowest BCUT2D eigenvalue weighted by molar-refractivity contribution is 0.0996. The summed E-state index contributed by atoms with van der Waals surface area (Å²) >= 11 is 11.8. The Morgan fingerprint density at radius 3 is 2.59 bits per heavy atom. The van der Waals surface area contributed by atoms with Crippen LogP contribution in [0.2, 0.25) is 10.0 Å². The lowest BCUT2D eigenvalue weighted by atomic mass is 10.1. The van der Waals surface area contributed by atoms with Gasteiger partial charge in [0, 0.05) is 27.6 Å². The van der Waals surface area contributed by atoms with E-state index < -0.39 is 0 Å². The third-order valence-corrected chi connectivity index (χ3v) is 3.41. The van der Waals surface area contributed by atoms with Gasteiger partial charge in [-0.25, -0.2) is 4.39 Å². The fraction of sp³-hybridized carbons (Fsp3) is 0.125. The highest BCUT2D eigenvalue weighted by molar-refractivity contribution is 6.35. The fourth-order valence-electron chi connectivity index (χ4n) is 1.67. The van der Waals surface area contributed by atoms with Crippen molar-refractivity contribution in [3.63, 3.8) is 0 Å². The van der Waals surface area contributed by atoms with Gasteiger partial charge in [0.25, 0.3) is 0 Å². The minimum absolute atomic E-state index is 0.0694. The minimum atomic E-state index is -0.381. The van der Waals surface area contributed by atoms with E-state index in [-0.39, 0.29) is 24.6 Å². The van der Waals surface area contributed by atoms with Crippen LogP contribution in [-0.2, 0) is 11.4 Å². The summed E-state index contributed by atoms with van der Waals surface area (Å²) in [6.45, 7) is 0.178. The Kier molecular flexibility index (Phi) is 5.92. The summed E-state index contributed by atoms with van der Waals surface area (Å²) in [6, 6.07) is 10.4. The minimum Gasteiger partial charge on any atom is -0.391 e. The summed E-state index contributed by atoms with van der Waals surface area (Å²) in [5.41, 5.74) is 1.17. The van der Waals surface area contributed by atoms with Gasteiger partial charge in [0.2, 0.25) is 0 Å². The Labute approximate surface area is 137 Å². The molecule has 0 amide bonds. The molecule has 0 saturated heterocycles. The molecular formula is C16H12Cl2FNO2. The number of carbonyl (C=O) groups is 1. The normalized spacial score (nSPS) is 10.9. The second kappa shape index (κ2) is 7.92. The van der Waals surface area contributed by atoms with Crippen LogP contribution in [0.25, 0.3) is 0 Å². The van der Waals surface area contributed by atoms with Crippen molar-refractivity contribution in [1.82, 2.24) is 0 Å². The Bertz CT molecular complexity index is 687. The molecular weight excluding hydrogens is 328 g/mol. The van der Waals surface area contributed by atoms with Crippen molar-refractivity contribution >= 4 is 35.2 Å². The number of carbonyl (C=O) groups excluding carboxylic acids is 1. The van der Waals surface area contributed by atoms with Crippen molar-refractivity contribution in [2.24, 2.45) is 5.16 Å². The molecule has 0 aliphatic carbocycles. The van der Waals surface area contributed by atoms with Crippen molar-refractivity contribution < 1.29 is 14.0 Å². The van der Waals surface area contributed by atoms with Gasteiger partial charge in [-0.15, -0.1) is 0 Å². The molecule has 0 heterocycles. The molecule has 0 saturated carbocycles. The summed E-state index contributed by atoms with van der Waals surface area (Å²) in [5.74, 6) is -0.551. The average Bonchev–Trinajstić information content (AvgIpc) is 2.49. The first-order valence-electron chi connectivity index (χ1n) is 6.43. The second-order valence-corrected chi connectivity index (χ2v) is 5.27. The van der Waals surface area contributed by atoms with Crippen LogP contribution < -0.4 is 0 Å². The van der Waals surface area contributed by atoms with E-state index in [0.717, 1.165) is 5.56 Å². The van der Waals surface area contributed by atoms with Crippen LogP contribution >= 0.6 is 23.2 Å². The topological polar surface area (TPSA) is 38.7 Å². The number of nitrogens with zero attached hydrogens (tertiary/aromatic N) is 1. The van der Waals surface area contributed by atoms with E-state index in [1.807, 2.05) is 0 Å². The molecule has 6 heteroatoms. The molecule has 0 N–H and O–H groups in total. The Morgan fingerprint density at radius 1 is 1.18 bits per heavy atom. The van der Waals surface area contributed by atoms with E-state index in [1.54, 1.807) is 18.2 Å². The molecule has 0 aromatic heterocycles. The molecule has 0 atom stereocenters. The maximum atomic E-state index is 12.7. The Balaban J connectivity index is 1.80. The van der Waals surface area contributed by atoms with E-state index in [1.165, 1.54) is 30.5 Å². The molecule has 0 radical (unpaired) electrons. The highest BCUT2D eigenvalue weighted by atomic mass is 35.5. The van der Waals surface area contributed by atoms with Crippen LogP contribution in [-0.4, -0.2) is 12.0 Å². The van der Waals surface area contributed by atoms with Gasteiger partial charge >= 0.3 is 0 Å². The molecule has 0 bridgehead atoms. The lowest BCUT2D eigenvalue weighted by Gasteiger charge is -2.03. The maximum Gasteiger partial charge on any atom is 0.168 e. The van der Waals surface area contributed by atoms with Gasteiger partial charge in [-0.2, -0.15) is 0 Å². The predicted molar refractivity (Wildman–Crippen MR) is 85.1 cm³/mol. The summed E-state index contributed by atoms with van der Waals surface area (Å²) in [4.78, 5) is 16.9. The van der Waals surface area contributed by atoms with Crippen LogP contribution in [0.15, 0.2) is 47.6 Å². The van der Waals surface area contributed by atoms with Crippen LogP contribution in [0.5, 0.6) is 0 Å². The number of ketones is 1. The number of benzene rings is 2. The van der Waals surface area contributed by atoms with E-state index in [2.05, 4.69) is 5.16 Å². The maximum absolute atomic E-state index is 12.7. The summed E-state index contributed by atoms with van der Waals surface area (Å²) in [5, 5.41) is 4.74. The van der Waals surface area contributed by atoms with Gasteiger partial charge in [0.1, 0.15) is 12.4 Å². The first-order chi connectivity index (χ1) is 10.6. The van der Waals surface area contributed by atoms with Gasteiger partial charge in [0.15, 0.2) is 5.78 Å². The number of Topliss-reactive ketones (excluding diaryl/α,β-unsaturated/α-hetero) is 1. The van der Waals surface area contributed by atoms with Gasteiger partial charge < -0.3 is 4.84 Å². The van der Waals surface area contributed by atoms with Crippen LogP contribution in [0, 0.1) is 5.82 Å². The predicted octanol–water partition coefficient (Wildman–Crippen LogP) is 4.91. The number of hydrogen-bond donors (Lipinski definition) is 0. The van der Waals surface area contributed by atoms with Gasteiger partial charge in [-0.1, -0.05) is 34.4 Å². The van der Waals surface area contributed by atoms with Gasteiger partial charge in [-0.3, -0.25) is 4.79 Å². The molecule has 0 unspecified atom stereocenters. The molecule has 2 aromatic carbocycles. The SMILES string of the molecule is O=C(C/C=N/OCc1ccc(Cl)cc1Cl)c1ccc(F)cc1. The van der Waals surface area contributed by atoms with Crippen molar-refractivity contribution in [2.45, 2.75) is 13.0 Å². The first-order valence-corrected chi connectivity index (χ1v) is 7.18. The number of hydrogen-bond acceptors (Lipinski definition) is 3. The standard InChI is InChI=1S/C16H12Cl2FNO2/c17-13-4-1-12(15(18)9-13)10-22-20-8-7-16(21)11-2-5-14(19)6-3-11/h1-6,8-9H,7,10H2/b20-8+. The summed E-state index contributed by atoms with van der Waals surface area (Å²) in [7, 11) is 0. The van der Waals surface area contributed by atoms with Crippen molar-refractivity contribution in [3.05, 3.63) is 69.5 Å². The number of oxime groups is 1. The van der Waals surface area contributed by atoms with Crippen molar-refractivity contribution in [3.8, 4) is 0 Å². The molecule has 3 nitrogen and oxygen atoms in total. The summed E-state index contributed by atoms with van der Waals surface area (Å²) < 4.78 is 12.7. The molecule has 0 aliphatic heterocycles. The second-order valence-electron chi connectivity index (χ2n) is 4.43. The zero-order valence-electron chi connectivity index (χ0n) is 11.4. The monoisotopic (exact) mass is 339 g/mol. The van der Waals surface area contributed by atoms with Gasteiger partial charge in [0.05, 0.1) is 6.21 Å². The van der Waals surface area contributed by atoms with Crippen molar-refractivity contribution in [1.29, 1.82) is 0 Å². The molecule has 114 valence electrons. The molecule has 2 aromatic rings. The first kappa shape index (κ1) is 16.5. The highest BCUT2D eigenvalue weighted by Crippen LogP contribution is 2.21. The lowest BCUT2D eigenvalue weighted by Crippen LogP contribution is -2.00. The largest absolute Gasteiger partial charge is 0.391 e. The zero-order valence-corrected chi connectivity index (χ0v) is 12.9. The third kappa shape index (κ3) is 4.83. The van der Waals surface area contributed by atoms with Crippen LogP contribution in [0.4, 0.5) is 4.39 Å². The molecule has 0 fully saturated rings. The average molecular weight is 340 g/mol. The Hall–Kier alpha value is -1.91. The number of halogens is 3. The van der Waals surface area contributed by atoms with E-state index >= 15 is 0 Å². The van der Waals surface area contributed by atoms with E-state index in [4.69, 9.17) is 28.0 Å². The fourth-order valence-corrected chi connectivity index (χ4v) is 2.14. The zero-order chi connectivity index (χ0) is 15.9. The Morgan fingerprint density at radius 2 is 1.91 bits per heavy atom. The molecule has 0 spiro atoms.